The molecule has 7 heteroatoms. The van der Waals surface area contributed by atoms with Gasteiger partial charge >= 0.3 is 0 Å². The first-order valence-electron chi connectivity index (χ1n) is 5.40. The minimum atomic E-state index is -0.153. The average Bonchev–Trinajstić information content (AvgIpc) is 2.87. The molecule has 0 aliphatic rings. The predicted molar refractivity (Wildman–Crippen MR) is 65.1 cm³/mol. The lowest BCUT2D eigenvalue weighted by atomic mass is 10.4. The Bertz CT molecular complexity index is 545. The predicted octanol–water partition coefficient (Wildman–Crippen LogP) is -0.177. The highest BCUT2D eigenvalue weighted by molar-refractivity contribution is 5.91. The monoisotopic (exact) mass is 246 g/mol. The van der Waals surface area contributed by atoms with E-state index in [-0.39, 0.29) is 5.91 Å². The van der Waals surface area contributed by atoms with Crippen molar-refractivity contribution in [2.75, 3.05) is 14.1 Å². The van der Waals surface area contributed by atoms with E-state index in [2.05, 4.69) is 15.1 Å². The molecule has 0 bridgehead atoms. The van der Waals surface area contributed by atoms with Crippen molar-refractivity contribution >= 4 is 5.91 Å². The van der Waals surface area contributed by atoms with Crippen LogP contribution in [-0.2, 0) is 6.54 Å². The van der Waals surface area contributed by atoms with Gasteiger partial charge in [0.25, 0.3) is 5.91 Å². The van der Waals surface area contributed by atoms with Crippen LogP contribution in [0.2, 0.25) is 0 Å². The van der Waals surface area contributed by atoms with Gasteiger partial charge in [0, 0.05) is 26.8 Å². The average molecular weight is 246 g/mol. The molecule has 2 aromatic heterocycles. The Balaban J connectivity index is 2.26. The molecule has 2 rings (SSSR count). The van der Waals surface area contributed by atoms with Crippen molar-refractivity contribution in [2.24, 2.45) is 5.73 Å². The normalized spacial score (nSPS) is 10.4. The second kappa shape index (κ2) is 4.92. The fraction of sp³-hybridized carbons (Fsp3) is 0.273. The summed E-state index contributed by atoms with van der Waals surface area (Å²) in [6, 6.07) is 1.64. The van der Waals surface area contributed by atoms with Gasteiger partial charge in [0.05, 0.1) is 18.1 Å². The first-order valence-corrected chi connectivity index (χ1v) is 5.40. The minimum absolute atomic E-state index is 0.153. The van der Waals surface area contributed by atoms with Crippen molar-refractivity contribution in [1.82, 2.24) is 24.6 Å². The van der Waals surface area contributed by atoms with Crippen LogP contribution in [0.25, 0.3) is 5.82 Å². The quantitative estimate of drug-likeness (QED) is 0.811. The molecule has 94 valence electrons. The standard InChI is InChI=1S/C11H14N6O/c1-16(2)11(18)9-3-4-17(15-9)10-7-13-8(5-12)6-14-10/h3-4,6-7H,5,12H2,1-2H3. The van der Waals surface area contributed by atoms with Gasteiger partial charge in [-0.25, -0.2) is 9.67 Å². The molecule has 0 saturated heterocycles. The van der Waals surface area contributed by atoms with Crippen LogP contribution >= 0.6 is 0 Å². The van der Waals surface area contributed by atoms with Gasteiger partial charge in [-0.1, -0.05) is 0 Å². The van der Waals surface area contributed by atoms with E-state index in [4.69, 9.17) is 5.73 Å². The zero-order valence-electron chi connectivity index (χ0n) is 10.2. The number of nitrogens with zero attached hydrogens (tertiary/aromatic N) is 5. The van der Waals surface area contributed by atoms with Gasteiger partial charge in [-0.2, -0.15) is 5.10 Å². The smallest absolute Gasteiger partial charge is 0.273 e. The van der Waals surface area contributed by atoms with Crippen LogP contribution in [0, 0.1) is 0 Å². The van der Waals surface area contributed by atoms with E-state index in [0.29, 0.717) is 23.8 Å². The van der Waals surface area contributed by atoms with E-state index in [9.17, 15) is 4.79 Å². The third-order valence-electron chi connectivity index (χ3n) is 2.35. The Morgan fingerprint density at radius 3 is 2.72 bits per heavy atom. The van der Waals surface area contributed by atoms with E-state index >= 15 is 0 Å². The first kappa shape index (κ1) is 12.2. The number of carbonyl (C=O) groups is 1. The lowest BCUT2D eigenvalue weighted by Gasteiger charge is -2.06. The lowest BCUT2D eigenvalue weighted by Crippen LogP contribution is -2.22. The van der Waals surface area contributed by atoms with E-state index in [1.165, 1.54) is 9.58 Å². The molecule has 0 aromatic carbocycles. The van der Waals surface area contributed by atoms with Gasteiger partial charge in [0.15, 0.2) is 11.5 Å². The summed E-state index contributed by atoms with van der Waals surface area (Å²) in [4.78, 5) is 21.4. The van der Waals surface area contributed by atoms with Crippen molar-refractivity contribution in [3.05, 3.63) is 36.0 Å². The second-order valence-electron chi connectivity index (χ2n) is 3.92. The fourth-order valence-corrected chi connectivity index (χ4v) is 1.37. The Kier molecular flexibility index (Phi) is 3.33. The van der Waals surface area contributed by atoms with Crippen molar-refractivity contribution in [3.63, 3.8) is 0 Å². The number of amides is 1. The van der Waals surface area contributed by atoms with Crippen LogP contribution in [0.3, 0.4) is 0 Å². The number of aromatic nitrogens is 4. The molecule has 2 heterocycles. The number of hydrogen-bond acceptors (Lipinski definition) is 5. The minimum Gasteiger partial charge on any atom is -0.343 e. The van der Waals surface area contributed by atoms with Gasteiger partial charge in [-0.05, 0) is 6.07 Å². The third kappa shape index (κ3) is 2.35. The summed E-state index contributed by atoms with van der Waals surface area (Å²) in [7, 11) is 3.36. The van der Waals surface area contributed by atoms with E-state index < -0.39 is 0 Å². The maximum absolute atomic E-state index is 11.7. The summed E-state index contributed by atoms with van der Waals surface area (Å²) in [5.74, 6) is 0.394. The van der Waals surface area contributed by atoms with Crippen molar-refractivity contribution < 1.29 is 4.79 Å². The third-order valence-corrected chi connectivity index (χ3v) is 2.35. The molecule has 0 saturated carbocycles. The number of carbonyl (C=O) groups excluding carboxylic acids is 1. The molecule has 0 fully saturated rings. The van der Waals surface area contributed by atoms with Crippen LogP contribution in [0.15, 0.2) is 24.7 Å². The van der Waals surface area contributed by atoms with Crippen molar-refractivity contribution in [2.45, 2.75) is 6.54 Å². The van der Waals surface area contributed by atoms with Crippen LogP contribution in [0.5, 0.6) is 0 Å². The Morgan fingerprint density at radius 2 is 2.17 bits per heavy atom. The van der Waals surface area contributed by atoms with Gasteiger partial charge in [-0.15, -0.1) is 0 Å². The molecule has 2 N–H and O–H groups in total. The van der Waals surface area contributed by atoms with Crippen molar-refractivity contribution in [3.8, 4) is 5.82 Å². The van der Waals surface area contributed by atoms with E-state index in [1.807, 2.05) is 0 Å². The summed E-state index contributed by atoms with van der Waals surface area (Å²) < 4.78 is 1.50. The summed E-state index contributed by atoms with van der Waals surface area (Å²) >= 11 is 0. The Labute approximate surface area is 104 Å². The summed E-state index contributed by atoms with van der Waals surface area (Å²) in [6.07, 6.45) is 4.83. The highest BCUT2D eigenvalue weighted by atomic mass is 16.2. The SMILES string of the molecule is CN(C)C(=O)c1ccn(-c2cnc(CN)cn2)n1. The van der Waals surface area contributed by atoms with Gasteiger partial charge in [0.1, 0.15) is 0 Å². The maximum atomic E-state index is 11.7. The molecule has 0 radical (unpaired) electrons. The zero-order chi connectivity index (χ0) is 13.1. The highest BCUT2D eigenvalue weighted by Crippen LogP contribution is 2.05. The molecule has 2 aromatic rings. The summed E-state index contributed by atoms with van der Waals surface area (Å²) in [6.45, 7) is 0.344. The zero-order valence-corrected chi connectivity index (χ0v) is 10.2. The molecule has 0 atom stereocenters. The van der Waals surface area contributed by atoms with Gasteiger partial charge in [0.2, 0.25) is 0 Å². The molecule has 0 unspecified atom stereocenters. The number of hydrogen-bond donors (Lipinski definition) is 1. The number of nitrogens with two attached hydrogens (primary N) is 1. The Hall–Kier alpha value is -2.28. The van der Waals surface area contributed by atoms with Crippen LogP contribution in [-0.4, -0.2) is 44.7 Å². The topological polar surface area (TPSA) is 89.9 Å². The summed E-state index contributed by atoms with van der Waals surface area (Å²) in [5, 5.41) is 4.15. The van der Waals surface area contributed by atoms with E-state index in [0.717, 1.165) is 0 Å². The highest BCUT2D eigenvalue weighted by Gasteiger charge is 2.12. The van der Waals surface area contributed by atoms with Gasteiger partial charge < -0.3 is 10.6 Å². The molecule has 18 heavy (non-hydrogen) atoms. The largest absolute Gasteiger partial charge is 0.343 e. The first-order chi connectivity index (χ1) is 8.61. The molecule has 0 spiro atoms. The van der Waals surface area contributed by atoms with Crippen LogP contribution in [0.1, 0.15) is 16.2 Å². The summed E-state index contributed by atoms with van der Waals surface area (Å²) in [5.41, 5.74) is 6.51. The second-order valence-corrected chi connectivity index (χ2v) is 3.92. The lowest BCUT2D eigenvalue weighted by molar-refractivity contribution is 0.0821. The molecule has 7 nitrogen and oxygen atoms in total. The number of rotatable bonds is 3. The molecule has 0 aliphatic carbocycles. The van der Waals surface area contributed by atoms with Crippen LogP contribution < -0.4 is 5.73 Å². The fourth-order valence-electron chi connectivity index (χ4n) is 1.37. The molecule has 0 aliphatic heterocycles. The molecular weight excluding hydrogens is 232 g/mol. The van der Waals surface area contributed by atoms with Gasteiger partial charge in [-0.3, -0.25) is 9.78 Å². The van der Waals surface area contributed by atoms with Crippen LogP contribution in [0.4, 0.5) is 0 Å². The molecule has 1 amide bonds. The molecular formula is C11H14N6O. The maximum Gasteiger partial charge on any atom is 0.273 e. The van der Waals surface area contributed by atoms with Crippen molar-refractivity contribution in [1.29, 1.82) is 0 Å². The Morgan fingerprint density at radius 1 is 1.39 bits per heavy atom. The van der Waals surface area contributed by atoms with E-state index in [1.54, 1.807) is 38.8 Å².